The Balaban J connectivity index is 2.89. The molecule has 0 aliphatic heterocycles. The summed E-state index contributed by atoms with van der Waals surface area (Å²) in [5.41, 5.74) is -0.162. The minimum Gasteiger partial charge on any atom is -0.508 e. The first-order valence-electron chi connectivity index (χ1n) is 5.01. The predicted molar refractivity (Wildman–Crippen MR) is 59.0 cm³/mol. The molecule has 0 aliphatic carbocycles. The lowest BCUT2D eigenvalue weighted by molar-refractivity contribution is -0.139. The highest BCUT2D eigenvalue weighted by atomic mass is 16.4. The van der Waals surface area contributed by atoms with Crippen LogP contribution in [0.15, 0.2) is 18.2 Å². The lowest BCUT2D eigenvalue weighted by Gasteiger charge is -2.12. The van der Waals surface area contributed by atoms with Gasteiger partial charge in [-0.1, -0.05) is 6.92 Å². The molecule has 1 amide bonds. The molecule has 6 nitrogen and oxygen atoms in total. The molecule has 17 heavy (non-hydrogen) atoms. The largest absolute Gasteiger partial charge is 0.508 e. The predicted octanol–water partition coefficient (Wildman–Crippen LogP) is 0.691. The second kappa shape index (κ2) is 5.20. The molecular weight excluding hydrogens is 226 g/mol. The molecule has 6 heteroatoms. The van der Waals surface area contributed by atoms with Gasteiger partial charge in [0.05, 0.1) is 5.56 Å². The van der Waals surface area contributed by atoms with Crippen LogP contribution < -0.4 is 5.32 Å². The van der Waals surface area contributed by atoms with Crippen LogP contribution in [0.4, 0.5) is 0 Å². The van der Waals surface area contributed by atoms with Crippen molar-refractivity contribution in [3.8, 4) is 11.5 Å². The number of hydrogen-bond donors (Lipinski definition) is 4. The second-order valence-electron chi connectivity index (χ2n) is 3.47. The van der Waals surface area contributed by atoms with Crippen LogP contribution in [-0.2, 0) is 4.79 Å². The molecule has 1 rings (SSSR count). The lowest BCUT2D eigenvalue weighted by atomic mass is 10.1. The molecule has 0 saturated heterocycles. The standard InChI is InChI=1S/C11H13NO5/c1-2-8(11(16)17)12-10(15)7-5-6(13)3-4-9(7)14/h3-5,8,13-14H,2H2,1H3,(H,12,15)(H,16,17)/t8-/m0/s1. The van der Waals surface area contributed by atoms with Gasteiger partial charge in [-0.3, -0.25) is 4.79 Å². The van der Waals surface area contributed by atoms with Gasteiger partial charge in [0.15, 0.2) is 0 Å². The first-order chi connectivity index (χ1) is 7.95. The van der Waals surface area contributed by atoms with E-state index in [-0.39, 0.29) is 23.5 Å². The van der Waals surface area contributed by atoms with Crippen molar-refractivity contribution in [2.75, 3.05) is 0 Å². The Kier molecular flexibility index (Phi) is 3.92. The fourth-order valence-electron chi connectivity index (χ4n) is 1.28. The summed E-state index contributed by atoms with van der Waals surface area (Å²) in [6.07, 6.45) is 0.223. The third kappa shape index (κ3) is 3.10. The van der Waals surface area contributed by atoms with Gasteiger partial charge < -0.3 is 20.6 Å². The number of carbonyl (C=O) groups is 2. The van der Waals surface area contributed by atoms with E-state index in [4.69, 9.17) is 5.11 Å². The van der Waals surface area contributed by atoms with Gasteiger partial charge in [0.25, 0.3) is 5.91 Å². The summed E-state index contributed by atoms with van der Waals surface area (Å²) in [5, 5.41) is 29.6. The zero-order chi connectivity index (χ0) is 13.0. The number of hydrogen-bond acceptors (Lipinski definition) is 4. The van der Waals surface area contributed by atoms with E-state index in [1.807, 2.05) is 0 Å². The molecule has 0 radical (unpaired) electrons. The third-order valence-corrected chi connectivity index (χ3v) is 2.24. The normalized spacial score (nSPS) is 11.8. The van der Waals surface area contributed by atoms with E-state index in [9.17, 15) is 19.8 Å². The zero-order valence-corrected chi connectivity index (χ0v) is 9.17. The van der Waals surface area contributed by atoms with E-state index >= 15 is 0 Å². The molecule has 1 atom stereocenters. The molecule has 0 saturated carbocycles. The Morgan fingerprint density at radius 1 is 1.35 bits per heavy atom. The molecule has 0 heterocycles. The maximum absolute atomic E-state index is 11.6. The van der Waals surface area contributed by atoms with Gasteiger partial charge in [-0.25, -0.2) is 4.79 Å². The zero-order valence-electron chi connectivity index (χ0n) is 9.17. The molecule has 0 bridgehead atoms. The van der Waals surface area contributed by atoms with Crippen LogP contribution in [0.3, 0.4) is 0 Å². The number of nitrogens with one attached hydrogen (secondary N) is 1. The SMILES string of the molecule is CC[C@H](NC(=O)c1cc(O)ccc1O)C(=O)O. The van der Waals surface area contributed by atoms with E-state index in [1.165, 1.54) is 6.07 Å². The summed E-state index contributed by atoms with van der Waals surface area (Å²) >= 11 is 0. The van der Waals surface area contributed by atoms with Gasteiger partial charge in [-0.15, -0.1) is 0 Å². The Hall–Kier alpha value is -2.24. The maximum Gasteiger partial charge on any atom is 0.326 e. The van der Waals surface area contributed by atoms with Gasteiger partial charge in [0, 0.05) is 0 Å². The summed E-state index contributed by atoms with van der Waals surface area (Å²) in [5.74, 6) is -2.40. The lowest BCUT2D eigenvalue weighted by Crippen LogP contribution is -2.40. The first-order valence-corrected chi connectivity index (χ1v) is 5.01. The van der Waals surface area contributed by atoms with Crippen LogP contribution in [0.25, 0.3) is 0 Å². The van der Waals surface area contributed by atoms with Crippen molar-refractivity contribution in [1.82, 2.24) is 5.32 Å². The minimum atomic E-state index is -1.15. The summed E-state index contributed by atoms with van der Waals surface area (Å²) < 4.78 is 0. The Bertz CT molecular complexity index is 443. The molecule has 0 spiro atoms. The second-order valence-corrected chi connectivity index (χ2v) is 3.47. The van der Waals surface area contributed by atoms with Gasteiger partial charge in [0.1, 0.15) is 17.5 Å². The number of amides is 1. The summed E-state index contributed by atoms with van der Waals surface area (Å²) in [6.45, 7) is 1.61. The molecule has 0 aromatic heterocycles. The van der Waals surface area contributed by atoms with E-state index in [0.29, 0.717) is 0 Å². The highest BCUT2D eigenvalue weighted by molar-refractivity contribution is 5.99. The quantitative estimate of drug-likeness (QED) is 0.578. The number of phenols is 2. The van der Waals surface area contributed by atoms with Crippen molar-refractivity contribution in [1.29, 1.82) is 0 Å². The van der Waals surface area contributed by atoms with Crippen molar-refractivity contribution in [3.05, 3.63) is 23.8 Å². The van der Waals surface area contributed by atoms with Gasteiger partial charge in [0.2, 0.25) is 0 Å². The van der Waals surface area contributed by atoms with Crippen LogP contribution in [0.2, 0.25) is 0 Å². The van der Waals surface area contributed by atoms with E-state index in [1.54, 1.807) is 6.92 Å². The Labute approximate surface area is 97.5 Å². The van der Waals surface area contributed by atoms with Crippen LogP contribution in [0.1, 0.15) is 23.7 Å². The molecule has 4 N–H and O–H groups in total. The van der Waals surface area contributed by atoms with Gasteiger partial charge >= 0.3 is 5.97 Å². The van der Waals surface area contributed by atoms with Crippen LogP contribution in [0, 0.1) is 0 Å². The van der Waals surface area contributed by atoms with Crippen molar-refractivity contribution < 1.29 is 24.9 Å². The monoisotopic (exact) mass is 239 g/mol. The fourth-order valence-corrected chi connectivity index (χ4v) is 1.28. The Morgan fingerprint density at radius 2 is 2.00 bits per heavy atom. The summed E-state index contributed by atoms with van der Waals surface area (Å²) in [6, 6.07) is 2.43. The number of carboxylic acids is 1. The maximum atomic E-state index is 11.6. The van der Waals surface area contributed by atoms with Gasteiger partial charge in [-0.2, -0.15) is 0 Å². The summed E-state index contributed by atoms with van der Waals surface area (Å²) in [7, 11) is 0. The highest BCUT2D eigenvalue weighted by Gasteiger charge is 2.20. The van der Waals surface area contributed by atoms with E-state index in [2.05, 4.69) is 5.32 Å². The number of aliphatic carboxylic acids is 1. The molecular formula is C11H13NO5. The molecule has 1 aromatic rings. The molecule has 0 unspecified atom stereocenters. The first kappa shape index (κ1) is 12.8. The van der Waals surface area contributed by atoms with Crippen molar-refractivity contribution in [2.24, 2.45) is 0 Å². The van der Waals surface area contributed by atoms with Crippen molar-refractivity contribution in [2.45, 2.75) is 19.4 Å². The molecule has 0 aliphatic rings. The average Bonchev–Trinajstić information content (AvgIpc) is 2.28. The smallest absolute Gasteiger partial charge is 0.326 e. The van der Waals surface area contributed by atoms with E-state index in [0.717, 1.165) is 12.1 Å². The number of aromatic hydroxyl groups is 2. The molecule has 1 aromatic carbocycles. The van der Waals surface area contributed by atoms with Crippen molar-refractivity contribution in [3.63, 3.8) is 0 Å². The molecule has 0 fully saturated rings. The fraction of sp³-hybridized carbons (Fsp3) is 0.273. The van der Waals surface area contributed by atoms with E-state index < -0.39 is 17.9 Å². The number of phenolic OH excluding ortho intramolecular Hbond substituents is 2. The van der Waals surface area contributed by atoms with Crippen molar-refractivity contribution >= 4 is 11.9 Å². The number of benzene rings is 1. The minimum absolute atomic E-state index is 0.162. The topological polar surface area (TPSA) is 107 Å². The van der Waals surface area contributed by atoms with Gasteiger partial charge in [-0.05, 0) is 24.6 Å². The average molecular weight is 239 g/mol. The summed E-state index contributed by atoms with van der Waals surface area (Å²) in [4.78, 5) is 22.4. The van der Waals surface area contributed by atoms with Crippen LogP contribution >= 0.6 is 0 Å². The number of carboxylic acid groups (broad SMARTS) is 1. The number of rotatable bonds is 4. The van der Waals surface area contributed by atoms with Crippen LogP contribution in [-0.4, -0.2) is 33.2 Å². The Morgan fingerprint density at radius 3 is 2.53 bits per heavy atom. The highest BCUT2D eigenvalue weighted by Crippen LogP contribution is 2.21. The number of carbonyl (C=O) groups excluding carboxylic acids is 1. The third-order valence-electron chi connectivity index (χ3n) is 2.24. The molecule has 92 valence electrons. The van der Waals surface area contributed by atoms with Crippen LogP contribution in [0.5, 0.6) is 11.5 Å².